The SMILES string of the molecule is C[C@H]1OCCN[C@@H]1C(=O)NCc1cn2c(n1)CCCC2.Cl.Cl. The molecule has 0 bridgehead atoms. The lowest BCUT2D eigenvalue weighted by Gasteiger charge is -2.29. The Bertz CT molecular complexity index is 472. The van der Waals surface area contributed by atoms with E-state index in [0.717, 1.165) is 31.0 Å². The molecule has 0 unspecified atom stereocenters. The fourth-order valence-corrected chi connectivity index (χ4v) is 2.87. The third-order valence-electron chi connectivity index (χ3n) is 4.00. The number of rotatable bonds is 3. The van der Waals surface area contributed by atoms with E-state index in [-0.39, 0.29) is 42.9 Å². The summed E-state index contributed by atoms with van der Waals surface area (Å²) in [5.74, 6) is 1.14. The number of morpholine rings is 1. The number of ether oxygens (including phenoxy) is 1. The summed E-state index contributed by atoms with van der Waals surface area (Å²) in [6.07, 6.45) is 5.45. The highest BCUT2D eigenvalue weighted by molar-refractivity contribution is 5.85. The average molecular weight is 351 g/mol. The van der Waals surface area contributed by atoms with Gasteiger partial charge in [-0.1, -0.05) is 0 Å². The van der Waals surface area contributed by atoms with Crippen molar-refractivity contribution in [3.8, 4) is 0 Å². The van der Waals surface area contributed by atoms with Crippen molar-refractivity contribution in [2.45, 2.75) is 51.4 Å². The number of aromatic nitrogens is 2. The van der Waals surface area contributed by atoms with E-state index in [9.17, 15) is 4.79 Å². The first-order valence-electron chi connectivity index (χ1n) is 7.41. The Labute approximate surface area is 143 Å². The highest BCUT2D eigenvalue weighted by Gasteiger charge is 2.28. The maximum atomic E-state index is 12.1. The minimum atomic E-state index is -0.263. The second kappa shape index (κ2) is 8.72. The first-order chi connectivity index (χ1) is 9.74. The summed E-state index contributed by atoms with van der Waals surface area (Å²) in [7, 11) is 0. The molecular weight excluding hydrogens is 327 g/mol. The van der Waals surface area contributed by atoms with Gasteiger partial charge in [0.2, 0.25) is 5.91 Å². The van der Waals surface area contributed by atoms with Crippen LogP contribution in [-0.4, -0.2) is 40.8 Å². The van der Waals surface area contributed by atoms with Gasteiger partial charge in [0.1, 0.15) is 11.9 Å². The van der Waals surface area contributed by atoms with Crippen molar-refractivity contribution in [3.63, 3.8) is 0 Å². The first kappa shape index (κ1) is 19.2. The highest BCUT2D eigenvalue weighted by atomic mass is 35.5. The molecule has 0 saturated carbocycles. The molecule has 8 heteroatoms. The molecule has 126 valence electrons. The summed E-state index contributed by atoms with van der Waals surface area (Å²) in [4.78, 5) is 16.7. The van der Waals surface area contributed by atoms with Gasteiger partial charge in [-0.3, -0.25) is 4.79 Å². The quantitative estimate of drug-likeness (QED) is 0.855. The number of hydrogen-bond donors (Lipinski definition) is 2. The van der Waals surface area contributed by atoms with Crippen LogP contribution >= 0.6 is 24.8 Å². The second-order valence-corrected chi connectivity index (χ2v) is 5.52. The molecule has 0 aliphatic carbocycles. The number of carbonyl (C=O) groups is 1. The summed E-state index contributed by atoms with van der Waals surface area (Å²) in [5, 5.41) is 6.14. The monoisotopic (exact) mass is 350 g/mol. The van der Waals surface area contributed by atoms with Crippen LogP contribution in [0.1, 0.15) is 31.3 Å². The van der Waals surface area contributed by atoms with Gasteiger partial charge in [0, 0.05) is 25.7 Å². The van der Waals surface area contributed by atoms with Crippen molar-refractivity contribution in [3.05, 3.63) is 17.7 Å². The Morgan fingerprint density at radius 1 is 1.50 bits per heavy atom. The fraction of sp³-hybridized carbons (Fsp3) is 0.714. The van der Waals surface area contributed by atoms with Gasteiger partial charge >= 0.3 is 0 Å². The van der Waals surface area contributed by atoms with Gasteiger partial charge in [-0.15, -0.1) is 24.8 Å². The second-order valence-electron chi connectivity index (χ2n) is 5.52. The van der Waals surface area contributed by atoms with Crippen molar-refractivity contribution >= 4 is 30.7 Å². The van der Waals surface area contributed by atoms with Crippen LogP contribution in [0.25, 0.3) is 0 Å². The number of aryl methyl sites for hydroxylation is 2. The fourth-order valence-electron chi connectivity index (χ4n) is 2.87. The zero-order valence-electron chi connectivity index (χ0n) is 12.7. The number of amides is 1. The van der Waals surface area contributed by atoms with Crippen molar-refractivity contribution < 1.29 is 9.53 Å². The predicted molar refractivity (Wildman–Crippen MR) is 88.7 cm³/mol. The van der Waals surface area contributed by atoms with Crippen LogP contribution in [0.15, 0.2) is 6.20 Å². The van der Waals surface area contributed by atoms with Gasteiger partial charge in [-0.2, -0.15) is 0 Å². The lowest BCUT2D eigenvalue weighted by atomic mass is 10.1. The standard InChI is InChI=1S/C14H22N4O2.2ClH/c1-10-13(15-5-7-20-10)14(19)16-8-11-9-18-6-3-2-4-12(18)17-11;;/h9-10,13,15H,2-8H2,1H3,(H,16,19);2*1H/t10-,13+;;/m1../s1. The first-order valence-corrected chi connectivity index (χ1v) is 7.41. The molecule has 2 N–H and O–H groups in total. The number of nitrogens with one attached hydrogen (secondary N) is 2. The summed E-state index contributed by atoms with van der Waals surface area (Å²) < 4.78 is 7.69. The Hall–Kier alpha value is -0.820. The van der Waals surface area contributed by atoms with Crippen LogP contribution < -0.4 is 10.6 Å². The summed E-state index contributed by atoms with van der Waals surface area (Å²) in [5.41, 5.74) is 0.944. The molecule has 0 aromatic carbocycles. The lowest BCUT2D eigenvalue weighted by Crippen LogP contribution is -2.55. The summed E-state index contributed by atoms with van der Waals surface area (Å²) >= 11 is 0. The lowest BCUT2D eigenvalue weighted by molar-refractivity contribution is -0.129. The largest absolute Gasteiger partial charge is 0.375 e. The normalized spacial score (nSPS) is 23.7. The van der Waals surface area contributed by atoms with Gasteiger partial charge in [-0.25, -0.2) is 4.98 Å². The molecule has 3 heterocycles. The van der Waals surface area contributed by atoms with Gasteiger partial charge in [0.25, 0.3) is 0 Å². The Balaban J connectivity index is 0.00000121. The molecule has 1 aromatic heterocycles. The number of fused-ring (bicyclic) bond motifs is 1. The van der Waals surface area contributed by atoms with Crippen molar-refractivity contribution in [1.82, 2.24) is 20.2 Å². The number of carbonyl (C=O) groups excluding carboxylic acids is 1. The molecule has 1 amide bonds. The van der Waals surface area contributed by atoms with Gasteiger partial charge in [0.05, 0.1) is 24.9 Å². The molecular formula is C14H24Cl2N4O2. The number of halogens is 2. The summed E-state index contributed by atoms with van der Waals surface area (Å²) in [6, 6.07) is -0.263. The molecule has 1 saturated heterocycles. The van der Waals surface area contributed by atoms with Gasteiger partial charge in [0.15, 0.2) is 0 Å². The molecule has 2 aliphatic rings. The Morgan fingerprint density at radius 2 is 2.32 bits per heavy atom. The molecule has 1 aromatic rings. The van der Waals surface area contributed by atoms with Crippen LogP contribution in [-0.2, 0) is 29.0 Å². The van der Waals surface area contributed by atoms with E-state index in [4.69, 9.17) is 4.74 Å². The molecule has 3 rings (SSSR count). The molecule has 22 heavy (non-hydrogen) atoms. The van der Waals surface area contributed by atoms with Crippen molar-refractivity contribution in [1.29, 1.82) is 0 Å². The van der Waals surface area contributed by atoms with E-state index in [1.165, 1.54) is 12.8 Å². The number of hydrogen-bond acceptors (Lipinski definition) is 4. The molecule has 0 radical (unpaired) electrons. The van der Waals surface area contributed by atoms with E-state index in [0.29, 0.717) is 13.2 Å². The van der Waals surface area contributed by atoms with Crippen molar-refractivity contribution in [2.75, 3.05) is 13.2 Å². The Morgan fingerprint density at radius 3 is 3.05 bits per heavy atom. The molecule has 2 atom stereocenters. The van der Waals surface area contributed by atoms with Crippen molar-refractivity contribution in [2.24, 2.45) is 0 Å². The minimum absolute atomic E-state index is 0. The number of imidazole rings is 1. The third-order valence-corrected chi connectivity index (χ3v) is 4.00. The van der Waals surface area contributed by atoms with E-state index < -0.39 is 0 Å². The number of nitrogens with zero attached hydrogens (tertiary/aromatic N) is 2. The van der Waals surface area contributed by atoms with E-state index >= 15 is 0 Å². The van der Waals surface area contributed by atoms with Crippen LogP contribution in [0, 0.1) is 0 Å². The van der Waals surface area contributed by atoms with Crippen LogP contribution in [0.4, 0.5) is 0 Å². The molecule has 6 nitrogen and oxygen atoms in total. The molecule has 0 spiro atoms. The zero-order chi connectivity index (χ0) is 13.9. The van der Waals surface area contributed by atoms with E-state index in [1.54, 1.807) is 0 Å². The maximum Gasteiger partial charge on any atom is 0.240 e. The predicted octanol–water partition coefficient (Wildman–Crippen LogP) is 1.06. The van der Waals surface area contributed by atoms with Crippen LogP contribution in [0.5, 0.6) is 0 Å². The highest BCUT2D eigenvalue weighted by Crippen LogP contribution is 2.14. The Kier molecular flexibility index (Phi) is 7.62. The smallest absolute Gasteiger partial charge is 0.240 e. The molecule has 2 aliphatic heterocycles. The zero-order valence-corrected chi connectivity index (χ0v) is 14.3. The topological polar surface area (TPSA) is 68.2 Å². The third kappa shape index (κ3) is 4.35. The minimum Gasteiger partial charge on any atom is -0.375 e. The average Bonchev–Trinajstić information content (AvgIpc) is 2.88. The van der Waals surface area contributed by atoms with Gasteiger partial charge in [-0.05, 0) is 19.8 Å². The van der Waals surface area contributed by atoms with Crippen LogP contribution in [0.3, 0.4) is 0 Å². The maximum absolute atomic E-state index is 12.1. The van der Waals surface area contributed by atoms with E-state index in [2.05, 4.69) is 26.4 Å². The van der Waals surface area contributed by atoms with Gasteiger partial charge < -0.3 is 19.9 Å². The summed E-state index contributed by atoms with van der Waals surface area (Å²) in [6.45, 7) is 4.85. The van der Waals surface area contributed by atoms with Crippen LogP contribution in [0.2, 0.25) is 0 Å². The molecule has 1 fully saturated rings. The van der Waals surface area contributed by atoms with E-state index in [1.807, 2.05) is 6.92 Å².